The van der Waals surface area contributed by atoms with Crippen LogP contribution in [0.25, 0.3) is 82.2 Å². The lowest BCUT2D eigenvalue weighted by Gasteiger charge is -2.42. The van der Waals surface area contributed by atoms with E-state index < -0.39 is 0 Å². The van der Waals surface area contributed by atoms with Crippen LogP contribution in [0.1, 0.15) is 17.5 Å². The molecule has 2 aromatic heterocycles. The highest BCUT2D eigenvalue weighted by Crippen LogP contribution is 2.45. The Hall–Kier alpha value is -7.43. The molecule has 12 rings (SSSR count). The Kier molecular flexibility index (Phi) is 7.39. The summed E-state index contributed by atoms with van der Waals surface area (Å²) in [6, 6.07) is 65.6. The van der Waals surface area contributed by atoms with Crippen LogP contribution in [-0.2, 0) is 0 Å². The molecule has 4 heteroatoms. The molecule has 0 fully saturated rings. The topological polar surface area (TPSA) is 36.3 Å². The van der Waals surface area contributed by atoms with Crippen LogP contribution >= 0.6 is 0 Å². The standard InChI is InChI=1S/C54H37N4/c1-3-16-36(17-4-1)52-45-31-29-35-15-7-8-22-42(35)53(45)56-54(55-52)38-18-13-21-40(33-38)58-47-26-11-9-23-43(47)46-34-37(30-32-49(46)58)41-25-14-28-50-51(41)44-24-10-12-27-48(44)57(50)39-19-5-2-6-20-39/h1-17,19-34,38,54H,18H2/q-1. The van der Waals surface area contributed by atoms with Gasteiger partial charge in [-0.25, -0.2) is 0 Å². The monoisotopic (exact) mass is 741 g/mol. The van der Waals surface area contributed by atoms with Gasteiger partial charge in [0.1, 0.15) is 0 Å². The van der Waals surface area contributed by atoms with Crippen molar-refractivity contribution >= 4 is 71.5 Å². The first kappa shape index (κ1) is 32.8. The molecule has 0 radical (unpaired) electrons. The van der Waals surface area contributed by atoms with Gasteiger partial charge in [0.05, 0.1) is 27.8 Å². The number of allylic oxidation sites excluding steroid dienone is 3. The maximum atomic E-state index is 5.45. The molecular weight excluding hydrogens is 705 g/mol. The van der Waals surface area contributed by atoms with Crippen molar-refractivity contribution in [1.82, 2.24) is 9.13 Å². The lowest BCUT2D eigenvalue weighted by atomic mass is 9.90. The second kappa shape index (κ2) is 13.1. The maximum absolute atomic E-state index is 5.45. The van der Waals surface area contributed by atoms with Crippen LogP contribution in [-0.4, -0.2) is 21.0 Å². The summed E-state index contributed by atoms with van der Waals surface area (Å²) in [5, 5.41) is 12.8. The first-order valence-electron chi connectivity index (χ1n) is 20.1. The summed E-state index contributed by atoms with van der Waals surface area (Å²) >= 11 is 0. The van der Waals surface area contributed by atoms with E-state index in [1.165, 1.54) is 65.5 Å². The average molecular weight is 742 g/mol. The van der Waals surface area contributed by atoms with E-state index in [0.29, 0.717) is 0 Å². The summed E-state index contributed by atoms with van der Waals surface area (Å²) in [7, 11) is 0. The Labute approximate surface area is 336 Å². The van der Waals surface area contributed by atoms with Crippen LogP contribution in [0.2, 0.25) is 0 Å². The molecule has 3 heterocycles. The molecule has 1 aliphatic heterocycles. The highest BCUT2D eigenvalue weighted by atomic mass is 15.1. The fraction of sp³-hybridized carbons (Fsp3) is 0.0556. The molecule has 2 atom stereocenters. The van der Waals surface area contributed by atoms with E-state index in [1.807, 2.05) is 0 Å². The number of benzene rings is 8. The highest BCUT2D eigenvalue weighted by molar-refractivity contribution is 6.21. The third-order valence-corrected chi connectivity index (χ3v) is 12.1. The molecule has 2 unspecified atom stereocenters. The van der Waals surface area contributed by atoms with Gasteiger partial charge in [-0.15, -0.1) is 5.69 Å². The Morgan fingerprint density at radius 2 is 1.19 bits per heavy atom. The minimum atomic E-state index is -0.258. The SMILES string of the molecule is C1=CC(n2c3ccccc3c3cc(-c4cccc5c4c4ccccc4n5-c4ccccc4)ccc32)=CC(C2N=C(c3ccccc3)c3ccc4ccccc4c3[N-]2)C1. The van der Waals surface area contributed by atoms with Crippen molar-refractivity contribution in [3.05, 3.63) is 217 Å². The van der Waals surface area contributed by atoms with E-state index in [1.54, 1.807) is 0 Å². The molecule has 274 valence electrons. The van der Waals surface area contributed by atoms with Gasteiger partial charge in [-0.2, -0.15) is 0 Å². The normalized spacial score (nSPS) is 16.5. The molecule has 58 heavy (non-hydrogen) atoms. The third-order valence-electron chi connectivity index (χ3n) is 12.1. The lowest BCUT2D eigenvalue weighted by Crippen LogP contribution is -2.24. The summed E-state index contributed by atoms with van der Waals surface area (Å²) in [6.07, 6.45) is 7.61. The molecule has 0 N–H and O–H groups in total. The molecule has 1 aliphatic carbocycles. The summed E-state index contributed by atoms with van der Waals surface area (Å²) in [4.78, 5) is 5.44. The quantitative estimate of drug-likeness (QED) is 0.168. The predicted octanol–water partition coefficient (Wildman–Crippen LogP) is 14.0. The molecule has 0 spiro atoms. The summed E-state index contributed by atoms with van der Waals surface area (Å²) < 4.78 is 4.83. The van der Waals surface area contributed by atoms with Crippen LogP contribution in [0.5, 0.6) is 0 Å². The van der Waals surface area contributed by atoms with Crippen LogP contribution in [0.15, 0.2) is 205 Å². The zero-order valence-electron chi connectivity index (χ0n) is 31.7. The number of rotatable bonds is 5. The smallest absolute Gasteiger partial charge is 0.0691 e. The Morgan fingerprint density at radius 3 is 2.03 bits per heavy atom. The number of hydrogen-bond donors (Lipinski definition) is 0. The van der Waals surface area contributed by atoms with Gasteiger partial charge in [0.15, 0.2) is 0 Å². The summed E-state index contributed by atoms with van der Waals surface area (Å²) in [5.41, 5.74) is 13.8. The van der Waals surface area contributed by atoms with Crippen molar-refractivity contribution in [3.8, 4) is 16.8 Å². The van der Waals surface area contributed by atoms with Gasteiger partial charge in [-0.3, -0.25) is 4.99 Å². The van der Waals surface area contributed by atoms with Gasteiger partial charge in [-0.05, 0) is 94.5 Å². The Morgan fingerprint density at radius 1 is 0.500 bits per heavy atom. The summed E-state index contributed by atoms with van der Waals surface area (Å²) in [6.45, 7) is 0. The van der Waals surface area contributed by atoms with Crippen molar-refractivity contribution in [2.24, 2.45) is 10.9 Å². The fourth-order valence-electron chi connectivity index (χ4n) is 9.55. The molecule has 4 nitrogen and oxygen atoms in total. The van der Waals surface area contributed by atoms with Crippen molar-refractivity contribution in [1.29, 1.82) is 0 Å². The van der Waals surface area contributed by atoms with Gasteiger partial charge < -0.3 is 14.5 Å². The predicted molar refractivity (Wildman–Crippen MR) is 244 cm³/mol. The number of fused-ring (bicyclic) bond motifs is 9. The number of nitrogens with zero attached hydrogens (tertiary/aromatic N) is 4. The van der Waals surface area contributed by atoms with Gasteiger partial charge in [0.2, 0.25) is 0 Å². The lowest BCUT2D eigenvalue weighted by molar-refractivity contribution is 0.568. The molecule has 2 aliphatic rings. The van der Waals surface area contributed by atoms with Gasteiger partial charge in [-0.1, -0.05) is 152 Å². The number of para-hydroxylation sites is 3. The first-order valence-corrected chi connectivity index (χ1v) is 20.1. The van der Waals surface area contributed by atoms with Gasteiger partial charge in [0, 0.05) is 38.5 Å². The second-order valence-corrected chi connectivity index (χ2v) is 15.4. The van der Waals surface area contributed by atoms with E-state index >= 15 is 0 Å². The minimum Gasteiger partial charge on any atom is -0.662 e. The van der Waals surface area contributed by atoms with Crippen molar-refractivity contribution in [3.63, 3.8) is 0 Å². The van der Waals surface area contributed by atoms with Crippen LogP contribution in [0.3, 0.4) is 0 Å². The van der Waals surface area contributed by atoms with Crippen molar-refractivity contribution < 1.29 is 0 Å². The van der Waals surface area contributed by atoms with Gasteiger partial charge >= 0.3 is 0 Å². The van der Waals surface area contributed by atoms with E-state index in [0.717, 1.165) is 40.3 Å². The van der Waals surface area contributed by atoms with Gasteiger partial charge in [0.25, 0.3) is 0 Å². The maximum Gasteiger partial charge on any atom is 0.0691 e. The van der Waals surface area contributed by atoms with Crippen LogP contribution in [0, 0.1) is 5.92 Å². The molecular formula is C54H37N4-. The molecule has 8 aromatic carbocycles. The number of aromatic nitrogens is 2. The van der Waals surface area contributed by atoms with Crippen LogP contribution < -0.4 is 0 Å². The largest absolute Gasteiger partial charge is 0.662 e. The Bertz CT molecular complexity index is 3340. The molecule has 0 saturated carbocycles. The first-order chi connectivity index (χ1) is 28.8. The van der Waals surface area contributed by atoms with Crippen LogP contribution in [0.4, 0.5) is 5.69 Å². The Balaban J connectivity index is 0.997. The van der Waals surface area contributed by atoms with E-state index in [4.69, 9.17) is 10.3 Å². The molecule has 0 amide bonds. The third kappa shape index (κ3) is 5.05. The molecule has 10 aromatic rings. The average Bonchev–Trinajstić information content (AvgIpc) is 3.82. The zero-order chi connectivity index (χ0) is 38.2. The van der Waals surface area contributed by atoms with E-state index in [-0.39, 0.29) is 12.1 Å². The van der Waals surface area contributed by atoms with E-state index in [9.17, 15) is 0 Å². The zero-order valence-corrected chi connectivity index (χ0v) is 31.7. The van der Waals surface area contributed by atoms with Crippen molar-refractivity contribution in [2.45, 2.75) is 12.6 Å². The second-order valence-electron chi connectivity index (χ2n) is 15.4. The van der Waals surface area contributed by atoms with Crippen molar-refractivity contribution in [2.75, 3.05) is 0 Å². The minimum absolute atomic E-state index is 0.0841. The number of aliphatic imine (C=N–C) groups is 1. The molecule has 0 saturated heterocycles. The summed E-state index contributed by atoms with van der Waals surface area (Å²) in [5.74, 6) is 0.0841. The molecule has 0 bridgehead atoms. The fourth-order valence-corrected chi connectivity index (χ4v) is 9.55. The number of hydrogen-bond acceptors (Lipinski definition) is 1. The van der Waals surface area contributed by atoms with E-state index in [2.05, 4.69) is 209 Å². The highest BCUT2D eigenvalue weighted by Gasteiger charge is 2.24.